The Balaban J connectivity index is 1.65. The van der Waals surface area contributed by atoms with Gasteiger partial charge in [0.25, 0.3) is 0 Å². The number of methoxy groups -OCH3 is 1. The van der Waals surface area contributed by atoms with Crippen LogP contribution in [0.15, 0.2) is 76.2 Å². The van der Waals surface area contributed by atoms with Crippen LogP contribution in [-0.2, 0) is 26.1 Å². The van der Waals surface area contributed by atoms with Crippen molar-refractivity contribution in [3.8, 4) is 5.75 Å². The highest BCUT2D eigenvalue weighted by Crippen LogP contribution is 2.25. The van der Waals surface area contributed by atoms with Crippen molar-refractivity contribution in [1.82, 2.24) is 4.72 Å². The molecule has 1 N–H and O–H groups in total. The molecule has 1 heterocycles. The first kappa shape index (κ1) is 24.2. The number of Topliss-reactive ketones (excluding diaryl/α,β-unsaturated/α-hetero) is 1. The lowest BCUT2D eigenvalue weighted by Crippen LogP contribution is -2.23. The maximum atomic E-state index is 12.7. The third-order valence-electron chi connectivity index (χ3n) is 4.42. The van der Waals surface area contributed by atoms with E-state index in [0.29, 0.717) is 21.9 Å². The molecule has 0 saturated carbocycles. The fourth-order valence-corrected chi connectivity index (χ4v) is 4.05. The van der Waals surface area contributed by atoms with Crippen molar-refractivity contribution in [1.29, 1.82) is 0 Å². The molecule has 0 saturated heterocycles. The van der Waals surface area contributed by atoms with E-state index in [1.54, 1.807) is 30.3 Å². The monoisotopic (exact) mass is 489 g/mol. The molecule has 0 fully saturated rings. The predicted octanol–water partition coefficient (Wildman–Crippen LogP) is 3.86. The Labute approximate surface area is 195 Å². The summed E-state index contributed by atoms with van der Waals surface area (Å²) in [6.45, 7) is -0.476. The molecule has 33 heavy (non-hydrogen) atoms. The fourth-order valence-electron chi connectivity index (χ4n) is 2.73. The number of esters is 1. The number of ether oxygens (including phenoxy) is 2. The zero-order valence-corrected chi connectivity index (χ0v) is 19.1. The van der Waals surface area contributed by atoms with Gasteiger partial charge < -0.3 is 13.9 Å². The molecule has 172 valence electrons. The van der Waals surface area contributed by atoms with Crippen LogP contribution in [-0.4, -0.2) is 33.9 Å². The number of benzene rings is 2. The van der Waals surface area contributed by atoms with E-state index in [9.17, 15) is 18.0 Å². The number of hydrogen-bond acceptors (Lipinski definition) is 7. The number of carbonyl (C=O) groups excluding carboxylic acids is 2. The largest absolute Gasteiger partial charge is 0.495 e. The Morgan fingerprint density at radius 2 is 1.88 bits per heavy atom. The topological polar surface area (TPSA) is 112 Å². The van der Waals surface area contributed by atoms with Crippen molar-refractivity contribution in [3.05, 3.63) is 88.8 Å². The summed E-state index contributed by atoms with van der Waals surface area (Å²) in [5.74, 6) is -0.554. The summed E-state index contributed by atoms with van der Waals surface area (Å²) in [6.07, 6.45) is 3.92. The van der Waals surface area contributed by atoms with Crippen LogP contribution in [0.3, 0.4) is 0 Å². The van der Waals surface area contributed by atoms with E-state index < -0.39 is 22.6 Å². The van der Waals surface area contributed by atoms with Gasteiger partial charge in [-0.3, -0.25) is 4.79 Å². The number of ketones is 1. The summed E-state index contributed by atoms with van der Waals surface area (Å²) in [7, 11) is -2.58. The van der Waals surface area contributed by atoms with Crippen molar-refractivity contribution in [3.63, 3.8) is 0 Å². The highest BCUT2D eigenvalue weighted by molar-refractivity contribution is 7.89. The van der Waals surface area contributed by atoms with E-state index in [1.807, 2.05) is 0 Å². The Kier molecular flexibility index (Phi) is 8.05. The quantitative estimate of drug-likeness (QED) is 0.261. The molecule has 0 bridgehead atoms. The van der Waals surface area contributed by atoms with E-state index in [4.69, 9.17) is 25.5 Å². The summed E-state index contributed by atoms with van der Waals surface area (Å²) in [6, 6.07) is 13.9. The van der Waals surface area contributed by atoms with Crippen LogP contribution in [0.1, 0.15) is 21.7 Å². The number of carbonyl (C=O) groups is 2. The van der Waals surface area contributed by atoms with Crippen LogP contribution in [0.5, 0.6) is 5.75 Å². The van der Waals surface area contributed by atoms with Crippen LogP contribution < -0.4 is 9.46 Å². The van der Waals surface area contributed by atoms with Crippen molar-refractivity contribution in [2.45, 2.75) is 11.4 Å². The van der Waals surface area contributed by atoms with Crippen LogP contribution in [0.25, 0.3) is 6.08 Å². The molecule has 0 amide bonds. The van der Waals surface area contributed by atoms with Crippen LogP contribution in [0, 0.1) is 0 Å². The summed E-state index contributed by atoms with van der Waals surface area (Å²) in [5.41, 5.74) is 0.776. The second-order valence-electron chi connectivity index (χ2n) is 6.69. The molecule has 0 aliphatic rings. The Morgan fingerprint density at radius 3 is 2.55 bits per heavy atom. The molecular formula is C23H20ClNO7S. The van der Waals surface area contributed by atoms with E-state index >= 15 is 0 Å². The van der Waals surface area contributed by atoms with Gasteiger partial charge >= 0.3 is 5.97 Å². The van der Waals surface area contributed by atoms with Crippen molar-refractivity contribution >= 4 is 39.5 Å². The lowest BCUT2D eigenvalue weighted by molar-refractivity contribution is -0.136. The van der Waals surface area contributed by atoms with Crippen molar-refractivity contribution in [2.75, 3.05) is 13.7 Å². The number of furan rings is 1. The first-order valence-electron chi connectivity index (χ1n) is 9.62. The van der Waals surface area contributed by atoms with Crippen LogP contribution >= 0.6 is 11.6 Å². The molecule has 3 aromatic rings. The highest BCUT2D eigenvalue weighted by Gasteiger charge is 2.20. The number of rotatable bonds is 10. The van der Waals surface area contributed by atoms with Crippen molar-refractivity contribution in [2.24, 2.45) is 0 Å². The molecule has 0 aliphatic carbocycles. The lowest BCUT2D eigenvalue weighted by Gasteiger charge is -2.11. The molecular weight excluding hydrogens is 470 g/mol. The molecule has 1 aromatic heterocycles. The predicted molar refractivity (Wildman–Crippen MR) is 122 cm³/mol. The SMILES string of the molecule is COc1ccc(C=CC(=O)OCC(=O)c2ccc(Cl)cc2)cc1S(=O)(=O)NCc1ccco1. The summed E-state index contributed by atoms with van der Waals surface area (Å²) in [4.78, 5) is 24.0. The third-order valence-corrected chi connectivity index (χ3v) is 6.09. The van der Waals surface area contributed by atoms with Gasteiger partial charge in [-0.25, -0.2) is 17.9 Å². The maximum absolute atomic E-state index is 12.7. The molecule has 2 aromatic carbocycles. The maximum Gasteiger partial charge on any atom is 0.331 e. The van der Waals surface area contributed by atoms with Gasteiger partial charge in [-0.05, 0) is 60.2 Å². The van der Waals surface area contributed by atoms with E-state index in [-0.39, 0.29) is 23.0 Å². The minimum atomic E-state index is -3.93. The lowest BCUT2D eigenvalue weighted by atomic mass is 10.1. The van der Waals surface area contributed by atoms with Gasteiger partial charge in [0, 0.05) is 16.7 Å². The first-order valence-corrected chi connectivity index (χ1v) is 11.5. The smallest absolute Gasteiger partial charge is 0.331 e. The summed E-state index contributed by atoms with van der Waals surface area (Å²) in [5, 5.41) is 0.489. The second kappa shape index (κ2) is 11.0. The molecule has 8 nitrogen and oxygen atoms in total. The standard InChI is InChI=1S/C23H20ClNO7S/c1-30-21-10-4-16(13-22(21)33(28,29)25-14-19-3-2-12-31-19)5-11-23(27)32-15-20(26)17-6-8-18(24)9-7-17/h2-13,25H,14-15H2,1H3. The van der Waals surface area contributed by atoms with Gasteiger partial charge in [0.15, 0.2) is 12.4 Å². The molecule has 0 aliphatic heterocycles. The zero-order chi connectivity index (χ0) is 23.8. The number of sulfonamides is 1. The number of halogens is 1. The first-order chi connectivity index (χ1) is 15.8. The van der Waals surface area contributed by atoms with Gasteiger partial charge in [-0.1, -0.05) is 17.7 Å². The van der Waals surface area contributed by atoms with Crippen molar-refractivity contribution < 1.29 is 31.9 Å². The summed E-state index contributed by atoms with van der Waals surface area (Å²) < 4.78 is 43.2. The Hall–Kier alpha value is -3.40. The molecule has 0 radical (unpaired) electrons. The van der Waals surface area contributed by atoms with Gasteiger partial charge in [-0.2, -0.15) is 0 Å². The van der Waals surface area contributed by atoms with E-state index in [0.717, 1.165) is 6.08 Å². The Bertz CT molecular complexity index is 1250. The fraction of sp³-hybridized carbons (Fsp3) is 0.130. The minimum absolute atomic E-state index is 0.0352. The van der Waals surface area contributed by atoms with Gasteiger partial charge in [0.1, 0.15) is 16.4 Å². The molecule has 0 spiro atoms. The molecule has 10 heteroatoms. The highest BCUT2D eigenvalue weighted by atomic mass is 35.5. The normalized spacial score (nSPS) is 11.5. The van der Waals surface area contributed by atoms with Crippen LogP contribution in [0.4, 0.5) is 0 Å². The second-order valence-corrected chi connectivity index (χ2v) is 8.86. The molecule has 0 atom stereocenters. The minimum Gasteiger partial charge on any atom is -0.495 e. The third kappa shape index (κ3) is 6.79. The van der Waals surface area contributed by atoms with E-state index in [1.165, 1.54) is 43.7 Å². The van der Waals surface area contributed by atoms with Crippen LogP contribution in [0.2, 0.25) is 5.02 Å². The molecule has 3 rings (SSSR count). The van der Waals surface area contributed by atoms with Gasteiger partial charge in [-0.15, -0.1) is 0 Å². The van der Waals surface area contributed by atoms with E-state index in [2.05, 4.69) is 4.72 Å². The van der Waals surface area contributed by atoms with Gasteiger partial charge in [0.2, 0.25) is 10.0 Å². The Morgan fingerprint density at radius 1 is 1.12 bits per heavy atom. The average Bonchev–Trinajstić information content (AvgIpc) is 3.34. The molecule has 0 unspecified atom stereocenters. The summed E-state index contributed by atoms with van der Waals surface area (Å²) >= 11 is 5.78. The van der Waals surface area contributed by atoms with Gasteiger partial charge in [0.05, 0.1) is 19.9 Å². The number of nitrogens with one attached hydrogen (secondary N) is 1. The average molecular weight is 490 g/mol. The zero-order valence-electron chi connectivity index (χ0n) is 17.5. The number of hydrogen-bond donors (Lipinski definition) is 1.